The fourth-order valence-corrected chi connectivity index (χ4v) is 10.6. The van der Waals surface area contributed by atoms with E-state index in [9.17, 15) is 4.57 Å². The lowest BCUT2D eigenvalue weighted by Crippen LogP contribution is -2.06. The van der Waals surface area contributed by atoms with Gasteiger partial charge in [-0.1, -0.05) is 55.4 Å². The highest BCUT2D eigenvalue weighted by Crippen LogP contribution is 2.53. The molecule has 3 aromatic heterocycles. The van der Waals surface area contributed by atoms with Gasteiger partial charge >= 0.3 is 7.60 Å². The van der Waals surface area contributed by atoms with Gasteiger partial charge < -0.3 is 19.0 Å². The van der Waals surface area contributed by atoms with Gasteiger partial charge in [0.1, 0.15) is 0 Å². The Morgan fingerprint density at radius 3 is 1.41 bits per heavy atom. The highest BCUT2D eigenvalue weighted by atomic mass is 31.2. The van der Waals surface area contributed by atoms with E-state index in [1.54, 1.807) is 5.82 Å². The van der Waals surface area contributed by atoms with Crippen LogP contribution in [0.1, 0.15) is 209 Å². The van der Waals surface area contributed by atoms with Gasteiger partial charge in [-0.15, -0.1) is 0 Å². The Hall–Kier alpha value is -3.51. The molecule has 56 heavy (non-hydrogen) atoms. The van der Waals surface area contributed by atoms with Crippen molar-refractivity contribution in [2.24, 2.45) is 0 Å². The number of H-pyrrole nitrogens is 2. The van der Waals surface area contributed by atoms with Crippen LogP contribution in [0.25, 0.3) is 52.4 Å². The molecule has 0 unspecified atom stereocenters. The van der Waals surface area contributed by atoms with Crippen LogP contribution in [0.2, 0.25) is 0 Å². The third-order valence-electron chi connectivity index (χ3n) is 11.8. The Labute approximate surface area is 337 Å². The van der Waals surface area contributed by atoms with Crippen molar-refractivity contribution in [3.63, 3.8) is 0 Å². The number of aromatic amines is 2. The van der Waals surface area contributed by atoms with E-state index < -0.39 is 7.60 Å². The first-order chi connectivity index (χ1) is 26.9. The molecular formula is C48H69N4O3P. The largest absolute Gasteiger partial charge is 0.355 e. The Kier molecular flexibility index (Phi) is 15.0. The van der Waals surface area contributed by atoms with Crippen LogP contribution >= 0.6 is 7.60 Å². The molecule has 2 aliphatic rings. The smallest absolute Gasteiger partial charge is 0.354 e. The van der Waals surface area contributed by atoms with Crippen LogP contribution < -0.4 is 0 Å². The van der Waals surface area contributed by atoms with Crippen molar-refractivity contribution >= 4 is 60.0 Å². The Bertz CT molecular complexity index is 2100. The third kappa shape index (κ3) is 9.27. The second kappa shape index (κ2) is 19.3. The highest BCUT2D eigenvalue weighted by molar-refractivity contribution is 7.57. The van der Waals surface area contributed by atoms with Gasteiger partial charge in [0.2, 0.25) is 0 Å². The second-order valence-electron chi connectivity index (χ2n) is 16.1. The molecule has 0 aliphatic carbocycles. The fraction of sp³-hybridized carbons (Fsp3) is 0.542. The van der Waals surface area contributed by atoms with Crippen LogP contribution in [0.15, 0.2) is 24.0 Å². The summed E-state index contributed by atoms with van der Waals surface area (Å²) >= 11 is 0. The van der Waals surface area contributed by atoms with E-state index in [1.807, 2.05) is 33.8 Å². The van der Waals surface area contributed by atoms with Crippen LogP contribution in [-0.4, -0.2) is 32.1 Å². The second-order valence-corrected chi connectivity index (χ2v) is 17.9. The third-order valence-corrected chi connectivity index (χ3v) is 13.7. The zero-order chi connectivity index (χ0) is 40.7. The highest BCUT2D eigenvalue weighted by Gasteiger charge is 2.27. The first-order valence-electron chi connectivity index (χ1n) is 21.7. The van der Waals surface area contributed by atoms with Crippen molar-refractivity contribution in [2.45, 2.75) is 170 Å². The van der Waals surface area contributed by atoms with Crippen LogP contribution in [0.3, 0.4) is 0 Å². The molecule has 2 N–H and O–H groups in total. The van der Waals surface area contributed by atoms with E-state index in [4.69, 9.17) is 19.0 Å². The molecule has 3 aromatic rings. The number of nitrogens with one attached hydrogen (secondary N) is 2. The molecule has 7 nitrogen and oxygen atoms in total. The SMILES string of the molecule is CCC(CC)c1c2nc(c(C(CC)CC)c3ccc([nH]3)c(C(CC)CC)c3cc(/C=C/P(=O)(OC(C)C)OC(C)C)c([nH]3)c(C(CC)CC)c3nc1C=C3)C=C2. The predicted molar refractivity (Wildman–Crippen MR) is 241 cm³/mol. The average Bonchev–Trinajstić information content (AvgIpc) is 4.00. The number of fused-ring (bicyclic) bond motifs is 8. The minimum atomic E-state index is -3.57. The van der Waals surface area contributed by atoms with Crippen molar-refractivity contribution in [3.05, 3.63) is 74.6 Å². The Balaban J connectivity index is 2.08. The summed E-state index contributed by atoms with van der Waals surface area (Å²) in [6.45, 7) is 25.8. The van der Waals surface area contributed by atoms with E-state index in [-0.39, 0.29) is 18.1 Å². The molecule has 0 saturated heterocycles. The van der Waals surface area contributed by atoms with Crippen LogP contribution in [-0.2, 0) is 13.6 Å². The summed E-state index contributed by atoms with van der Waals surface area (Å²) in [5.74, 6) is 2.85. The number of rotatable bonds is 18. The van der Waals surface area contributed by atoms with Crippen molar-refractivity contribution in [2.75, 3.05) is 0 Å². The van der Waals surface area contributed by atoms with Gasteiger partial charge in [0.05, 0.1) is 40.5 Å². The fourth-order valence-electron chi connectivity index (χ4n) is 8.89. The average molecular weight is 781 g/mol. The maximum atomic E-state index is 14.2. The summed E-state index contributed by atoms with van der Waals surface area (Å²) in [7, 11) is -3.57. The molecule has 0 aromatic carbocycles. The minimum absolute atomic E-state index is 0.229. The quantitative estimate of drug-likeness (QED) is 0.0864. The summed E-state index contributed by atoms with van der Waals surface area (Å²) in [6, 6.07) is 6.78. The van der Waals surface area contributed by atoms with Crippen molar-refractivity contribution in [3.8, 4) is 0 Å². The van der Waals surface area contributed by atoms with Gasteiger partial charge in [0.25, 0.3) is 0 Å². The van der Waals surface area contributed by atoms with Crippen LogP contribution in [0.4, 0.5) is 0 Å². The molecule has 304 valence electrons. The normalized spacial score (nSPS) is 13.5. The lowest BCUT2D eigenvalue weighted by molar-refractivity contribution is 0.149. The number of aromatic nitrogens is 4. The summed E-state index contributed by atoms with van der Waals surface area (Å²) in [5.41, 5.74) is 14.2. The van der Waals surface area contributed by atoms with Crippen molar-refractivity contribution in [1.82, 2.24) is 19.9 Å². The number of nitrogens with zero attached hydrogens (tertiary/aromatic N) is 2. The van der Waals surface area contributed by atoms with E-state index in [2.05, 4.69) is 108 Å². The summed E-state index contributed by atoms with van der Waals surface area (Å²) in [4.78, 5) is 19.0. The Morgan fingerprint density at radius 2 is 0.946 bits per heavy atom. The molecule has 0 radical (unpaired) electrons. The Morgan fingerprint density at radius 1 is 0.554 bits per heavy atom. The van der Waals surface area contributed by atoms with Gasteiger partial charge in [0, 0.05) is 50.2 Å². The van der Waals surface area contributed by atoms with E-state index >= 15 is 0 Å². The molecule has 0 atom stereocenters. The minimum Gasteiger partial charge on any atom is -0.355 e. The van der Waals surface area contributed by atoms with Gasteiger partial charge in [0.15, 0.2) is 0 Å². The van der Waals surface area contributed by atoms with Crippen molar-refractivity contribution < 1.29 is 13.6 Å². The number of hydrogen-bond donors (Lipinski definition) is 2. The molecule has 8 heteroatoms. The standard InChI is InChI=1S/C48H69N4O3P/c1-13-32(14-2)44-37-21-22-38(49-37)45(33(15-3)16-4)40-25-26-42(51-40)47(35(19-7)20-8)48-36(27-28-56(53,54-30(9)10)55-31(11)12)29-43(52-48)46(34(17-5)18-6)41-24-23-39(44)50-41/h21-35,50,52H,13-20H2,1-12H3/b28-27+,44-37?,44-39?,45-38?,45-40?,46-41?,46-43?,47-42?,48-47?. The molecular weight excluding hydrogens is 712 g/mol. The molecule has 2 aliphatic heterocycles. The molecule has 0 fully saturated rings. The summed E-state index contributed by atoms with van der Waals surface area (Å²) in [6.07, 6.45) is 18.2. The maximum absolute atomic E-state index is 14.2. The summed E-state index contributed by atoms with van der Waals surface area (Å²) < 4.78 is 26.3. The molecule has 5 rings (SSSR count). The molecule has 5 heterocycles. The van der Waals surface area contributed by atoms with Crippen LogP contribution in [0.5, 0.6) is 0 Å². The van der Waals surface area contributed by atoms with Gasteiger partial charge in [-0.05, 0) is 151 Å². The molecule has 0 amide bonds. The lowest BCUT2D eigenvalue weighted by Gasteiger charge is -2.19. The van der Waals surface area contributed by atoms with Gasteiger partial charge in [-0.2, -0.15) is 0 Å². The van der Waals surface area contributed by atoms with Gasteiger partial charge in [-0.25, -0.2) is 9.97 Å². The first kappa shape index (κ1) is 43.6. The topological polar surface area (TPSA) is 92.9 Å². The first-order valence-corrected chi connectivity index (χ1v) is 23.4. The molecule has 8 bridgehead atoms. The van der Waals surface area contributed by atoms with Crippen LogP contribution in [0, 0.1) is 0 Å². The zero-order valence-electron chi connectivity index (χ0n) is 36.4. The van der Waals surface area contributed by atoms with E-state index in [1.165, 1.54) is 22.3 Å². The summed E-state index contributed by atoms with van der Waals surface area (Å²) in [5, 5.41) is 0. The zero-order valence-corrected chi connectivity index (χ0v) is 37.3. The predicted octanol–water partition coefficient (Wildman–Crippen LogP) is 15.3. The maximum Gasteiger partial charge on any atom is 0.354 e. The van der Waals surface area contributed by atoms with E-state index in [0.717, 1.165) is 102 Å². The van der Waals surface area contributed by atoms with Gasteiger partial charge in [-0.3, -0.25) is 4.57 Å². The molecule has 0 spiro atoms. The van der Waals surface area contributed by atoms with Crippen molar-refractivity contribution in [1.29, 1.82) is 0 Å². The lowest BCUT2D eigenvalue weighted by atomic mass is 9.91. The molecule has 0 saturated carbocycles. The number of hydrogen-bond acceptors (Lipinski definition) is 5. The van der Waals surface area contributed by atoms with E-state index in [0.29, 0.717) is 17.8 Å². The monoisotopic (exact) mass is 781 g/mol.